The number of ketones is 1. The van der Waals surface area contributed by atoms with Crippen LogP contribution in [0.5, 0.6) is 0 Å². The average Bonchev–Trinajstić information content (AvgIpc) is 3.55. The molecule has 0 bridgehead atoms. The molecule has 0 aliphatic carbocycles. The Morgan fingerprint density at radius 3 is 2.58 bits per heavy atom. The van der Waals surface area contributed by atoms with Crippen molar-refractivity contribution in [1.82, 2.24) is 14.2 Å². The number of nitrogen functional groups attached to an aromatic ring is 1. The minimum absolute atomic E-state index is 0.00736. The average molecular weight is 636 g/mol. The number of nitrogens with two attached hydrogens (primary N) is 1. The first-order valence-corrected chi connectivity index (χ1v) is 15.2. The predicted molar refractivity (Wildman–Crippen MR) is 154 cm³/mol. The number of carbonyl (C=O) groups is 3. The van der Waals surface area contributed by atoms with E-state index in [1.165, 1.54) is 24.0 Å². The second-order valence-corrected chi connectivity index (χ2v) is 12.7. The lowest BCUT2D eigenvalue weighted by Gasteiger charge is -2.41. The number of Topliss-reactive ketones (excluding diaryl/α,β-unsaturated/α-hetero) is 1. The van der Waals surface area contributed by atoms with Gasteiger partial charge in [-0.05, 0) is 31.6 Å². The lowest BCUT2D eigenvalue weighted by Crippen LogP contribution is -2.65. The number of carboxylic acid groups (broad SMARTS) is 1. The molecule has 1 amide bonds. The minimum Gasteiger partial charge on any atom is -0.478 e. The van der Waals surface area contributed by atoms with Crippen LogP contribution in [0.15, 0.2) is 51.1 Å². The number of hydrazone groups is 1. The van der Waals surface area contributed by atoms with E-state index < -0.39 is 57.7 Å². The smallest absolute Gasteiger partial charge is 0.362 e. The Morgan fingerprint density at radius 1 is 1.28 bits per heavy atom. The van der Waals surface area contributed by atoms with E-state index in [0.29, 0.717) is 18.8 Å². The van der Waals surface area contributed by atoms with Gasteiger partial charge in [0, 0.05) is 34.8 Å². The highest BCUT2D eigenvalue weighted by molar-refractivity contribution is 7.84. The molecule has 2 aliphatic heterocycles. The molecule has 0 spiro atoms. The number of aromatic nitrogens is 1. The summed E-state index contributed by atoms with van der Waals surface area (Å²) < 4.78 is 34.0. The van der Waals surface area contributed by atoms with Gasteiger partial charge in [-0.15, -0.1) is 11.3 Å². The maximum Gasteiger partial charge on any atom is 0.362 e. The number of hydrogen-bond donors (Lipinski definition) is 3. The fourth-order valence-corrected chi connectivity index (χ4v) is 5.88. The Hall–Kier alpha value is -4.13. The zero-order valence-electron chi connectivity index (χ0n) is 23.5. The summed E-state index contributed by atoms with van der Waals surface area (Å²) in [5, 5.41) is 23.3. The Bertz CT molecular complexity index is 1600. The molecule has 16 nitrogen and oxygen atoms in total. The molecule has 2 atom stereocenters. The molecule has 1 saturated heterocycles. The lowest BCUT2D eigenvalue weighted by atomic mass is 9.84. The highest BCUT2D eigenvalue weighted by Crippen LogP contribution is 2.33. The maximum absolute atomic E-state index is 13.4. The molecule has 0 unspecified atom stereocenters. The van der Waals surface area contributed by atoms with Gasteiger partial charge in [0.2, 0.25) is 18.1 Å². The SMILES string of the molecule is CN(CC1=N[N+](C[C@@H]2[C@H](CC(=O)/C(=N\OC(C)(C)C(=O)O)c3csc(N)n3)C(=O)N2S(=O)(=O)O)=NC1)Cc1ccccc1. The van der Waals surface area contributed by atoms with Gasteiger partial charge in [0.1, 0.15) is 17.4 Å². The number of carbonyl (C=O) groups excluding carboxylic acids is 2. The van der Waals surface area contributed by atoms with E-state index in [-0.39, 0.29) is 28.2 Å². The first-order chi connectivity index (χ1) is 20.2. The molecule has 230 valence electrons. The third-order valence-electron chi connectivity index (χ3n) is 6.63. The summed E-state index contributed by atoms with van der Waals surface area (Å²) >= 11 is 0.996. The molecule has 18 heteroatoms. The molecule has 4 N–H and O–H groups in total. The lowest BCUT2D eigenvalue weighted by molar-refractivity contribution is -0.599. The van der Waals surface area contributed by atoms with Crippen molar-refractivity contribution in [2.24, 2.45) is 21.3 Å². The number of thiazole rings is 1. The largest absolute Gasteiger partial charge is 0.478 e. The molecule has 1 aromatic heterocycles. The Labute approximate surface area is 251 Å². The van der Waals surface area contributed by atoms with Crippen molar-refractivity contribution in [1.29, 1.82) is 0 Å². The van der Waals surface area contributed by atoms with Crippen LogP contribution < -0.4 is 5.73 Å². The molecule has 0 saturated carbocycles. The zero-order valence-corrected chi connectivity index (χ0v) is 25.2. The number of β-lactam (4-membered cyclic amide) rings is 1. The van der Waals surface area contributed by atoms with E-state index in [0.717, 1.165) is 16.9 Å². The molecule has 0 radical (unpaired) electrons. The van der Waals surface area contributed by atoms with Crippen molar-refractivity contribution >= 4 is 55.9 Å². The van der Waals surface area contributed by atoms with Crippen LogP contribution in [0.2, 0.25) is 0 Å². The van der Waals surface area contributed by atoms with Crippen LogP contribution in [-0.4, -0.2) is 104 Å². The third-order valence-corrected chi connectivity index (χ3v) is 8.26. The quantitative estimate of drug-likeness (QED) is 0.0869. The van der Waals surface area contributed by atoms with Gasteiger partial charge < -0.3 is 15.7 Å². The summed E-state index contributed by atoms with van der Waals surface area (Å²) in [5.74, 6) is -4.33. The molecular weight excluding hydrogens is 604 g/mol. The number of hydrogen-bond acceptors (Lipinski definition) is 13. The van der Waals surface area contributed by atoms with Crippen LogP contribution in [0, 0.1) is 5.92 Å². The molecule has 1 fully saturated rings. The van der Waals surface area contributed by atoms with Crippen LogP contribution in [-0.2, 0) is 36.1 Å². The number of nitrogens with zero attached hydrogens (tertiary/aromatic N) is 7. The van der Waals surface area contributed by atoms with Crippen molar-refractivity contribution in [2.75, 3.05) is 32.4 Å². The second-order valence-electron chi connectivity index (χ2n) is 10.5. The molecule has 2 aliphatic rings. The van der Waals surface area contributed by atoms with Gasteiger partial charge in [-0.3, -0.25) is 19.0 Å². The molecule has 3 heterocycles. The zero-order chi connectivity index (χ0) is 31.5. The molecule has 1 aromatic carbocycles. The molecule has 43 heavy (non-hydrogen) atoms. The Balaban J connectivity index is 1.49. The minimum atomic E-state index is -4.95. The first kappa shape index (κ1) is 31.8. The van der Waals surface area contributed by atoms with Gasteiger partial charge in [0.15, 0.2) is 23.2 Å². The van der Waals surface area contributed by atoms with Gasteiger partial charge >= 0.3 is 16.3 Å². The van der Waals surface area contributed by atoms with Gasteiger partial charge in [-0.2, -0.15) is 8.42 Å². The number of azo groups is 1. The van der Waals surface area contributed by atoms with Crippen molar-refractivity contribution in [3.8, 4) is 0 Å². The van der Waals surface area contributed by atoms with Crippen LogP contribution in [0.4, 0.5) is 5.13 Å². The fourth-order valence-electron chi connectivity index (χ4n) is 4.41. The number of aliphatic carboxylic acids is 1. The number of amides is 1. The number of oxime groups is 1. The fraction of sp³-hybridized carbons (Fsp3) is 0.440. The molecule has 4 rings (SSSR count). The van der Waals surface area contributed by atoms with E-state index in [1.54, 1.807) is 0 Å². The summed E-state index contributed by atoms with van der Waals surface area (Å²) in [5.41, 5.74) is 5.29. The molecule has 2 aromatic rings. The number of benzene rings is 1. The van der Waals surface area contributed by atoms with Crippen molar-refractivity contribution in [3.63, 3.8) is 0 Å². The van der Waals surface area contributed by atoms with Crippen molar-refractivity contribution in [3.05, 3.63) is 47.0 Å². The summed E-state index contributed by atoms with van der Waals surface area (Å²) in [4.78, 5) is 50.0. The van der Waals surface area contributed by atoms with Crippen LogP contribution in [0.25, 0.3) is 0 Å². The Kier molecular flexibility index (Phi) is 9.33. The van der Waals surface area contributed by atoms with E-state index in [1.807, 2.05) is 42.3 Å². The topological polar surface area (TPSA) is 221 Å². The summed E-state index contributed by atoms with van der Waals surface area (Å²) in [7, 11) is -3.03. The van der Waals surface area contributed by atoms with E-state index in [2.05, 4.69) is 20.4 Å². The predicted octanol–water partition coefficient (Wildman–Crippen LogP) is 0.865. The third kappa shape index (κ3) is 7.64. The van der Waals surface area contributed by atoms with E-state index >= 15 is 0 Å². The normalized spacial score (nSPS) is 19.2. The Morgan fingerprint density at radius 2 is 1.98 bits per heavy atom. The van der Waals surface area contributed by atoms with E-state index in [9.17, 15) is 32.5 Å². The maximum atomic E-state index is 13.4. The van der Waals surface area contributed by atoms with Gasteiger partial charge in [-0.1, -0.05) is 35.5 Å². The van der Waals surface area contributed by atoms with Gasteiger partial charge in [0.05, 0.1) is 5.92 Å². The number of carboxylic acids is 1. The highest BCUT2D eigenvalue weighted by Gasteiger charge is 2.56. The summed E-state index contributed by atoms with van der Waals surface area (Å²) in [6, 6.07) is 8.64. The second kappa shape index (κ2) is 12.6. The standard InChI is InChI=1S/C25H30N8O8S2/c1-25(2,23(36)37)41-30-21(18-14-42-24(26)28-18)20(34)9-17-19(33(22(17)35)43(38,39)40)13-32-27-10-16(29-32)12-31(3)11-15-7-5-4-6-8-15/h4-8,14,17,19H,9-13H2,1-3H3,(H3-,26,28,36,37,38,39,40)/p+1/b30-21-/t17-,19+/m0/s1. The van der Waals surface area contributed by atoms with E-state index in [4.69, 9.17) is 10.6 Å². The molecular formula is C25H31N8O8S2+. The van der Waals surface area contributed by atoms with Crippen LogP contribution >= 0.6 is 11.3 Å². The van der Waals surface area contributed by atoms with Crippen LogP contribution in [0.1, 0.15) is 31.5 Å². The monoisotopic (exact) mass is 635 g/mol. The highest BCUT2D eigenvalue weighted by atomic mass is 32.2. The van der Waals surface area contributed by atoms with Crippen molar-refractivity contribution in [2.45, 2.75) is 38.5 Å². The van der Waals surface area contributed by atoms with Gasteiger partial charge in [0.25, 0.3) is 0 Å². The summed E-state index contributed by atoms with van der Waals surface area (Å²) in [6.45, 7) is 3.62. The summed E-state index contributed by atoms with van der Waals surface area (Å²) in [6.07, 6.45) is -0.549. The van der Waals surface area contributed by atoms with Crippen molar-refractivity contribution < 1.29 is 42.1 Å². The number of rotatable bonds is 14. The van der Waals surface area contributed by atoms with Gasteiger partial charge in [-0.25, -0.2) is 14.1 Å². The first-order valence-electron chi connectivity index (χ1n) is 12.9. The number of anilines is 1. The van der Waals surface area contributed by atoms with Crippen LogP contribution in [0.3, 0.4) is 0 Å².